The maximum atomic E-state index is 13.6. The van der Waals surface area contributed by atoms with Crippen molar-refractivity contribution in [3.63, 3.8) is 0 Å². The normalized spacial score (nSPS) is 15.6. The van der Waals surface area contributed by atoms with E-state index in [9.17, 15) is 14.4 Å². The van der Waals surface area contributed by atoms with Crippen LogP contribution in [0.1, 0.15) is 46.1 Å². The number of aromatic nitrogens is 2. The highest BCUT2D eigenvalue weighted by atomic mass is 16.2. The molecule has 2 aromatic carbocycles. The predicted octanol–water partition coefficient (Wildman–Crippen LogP) is 3.60. The smallest absolute Gasteiger partial charge is 0.319 e. The van der Waals surface area contributed by atoms with E-state index < -0.39 is 5.54 Å². The first-order valence-corrected chi connectivity index (χ1v) is 12.5. The molecule has 1 fully saturated rings. The lowest BCUT2D eigenvalue weighted by Crippen LogP contribution is -2.46. The van der Waals surface area contributed by atoms with Crippen molar-refractivity contribution >= 4 is 29.4 Å². The molecule has 10 nitrogen and oxygen atoms in total. The molecule has 0 radical (unpaired) electrons. The van der Waals surface area contributed by atoms with Gasteiger partial charge in [0.1, 0.15) is 0 Å². The first-order chi connectivity index (χ1) is 18.3. The number of H-pyrrole nitrogens is 1. The topological polar surface area (TPSA) is 122 Å². The van der Waals surface area contributed by atoms with Crippen molar-refractivity contribution in [3.05, 3.63) is 89.6 Å². The highest BCUT2D eigenvalue weighted by molar-refractivity contribution is 6.05. The maximum Gasteiger partial charge on any atom is 0.319 e. The predicted molar refractivity (Wildman–Crippen MR) is 145 cm³/mol. The number of urea groups is 1. The van der Waals surface area contributed by atoms with Crippen LogP contribution < -0.4 is 16.0 Å². The zero-order chi connectivity index (χ0) is 26.9. The third-order valence-electron chi connectivity index (χ3n) is 7.01. The van der Waals surface area contributed by atoms with Crippen molar-refractivity contribution in [1.29, 1.82) is 0 Å². The molecular formula is C28H31N7O3. The van der Waals surface area contributed by atoms with Gasteiger partial charge in [0.05, 0.1) is 23.8 Å². The number of carbonyl (C=O) groups excluding carboxylic acids is 3. The molecule has 2 heterocycles. The summed E-state index contributed by atoms with van der Waals surface area (Å²) >= 11 is 0. The summed E-state index contributed by atoms with van der Waals surface area (Å²) < 4.78 is 0. The third-order valence-corrected chi connectivity index (χ3v) is 7.01. The molecule has 1 aliphatic carbocycles. The quantitative estimate of drug-likeness (QED) is 0.343. The molecule has 1 spiro atoms. The SMILES string of the molecule is C=CC(=O)Nc1ccc(C(=O)Nc2n[nH]c3c2CN(C(=O)N[C@H](CN(C)C)c2ccccc2)C32CC2)cc1. The fraction of sp³-hybridized carbons (Fsp3) is 0.286. The molecule has 3 aromatic rings. The van der Waals surface area contributed by atoms with Gasteiger partial charge in [-0.3, -0.25) is 14.7 Å². The average Bonchev–Trinajstić information content (AvgIpc) is 3.51. The molecule has 1 saturated carbocycles. The molecule has 38 heavy (non-hydrogen) atoms. The zero-order valence-electron chi connectivity index (χ0n) is 21.5. The lowest BCUT2D eigenvalue weighted by atomic mass is 10.1. The van der Waals surface area contributed by atoms with E-state index in [0.29, 0.717) is 30.2 Å². The van der Waals surface area contributed by atoms with Gasteiger partial charge in [-0.05, 0) is 62.8 Å². The Morgan fingerprint density at radius 2 is 1.82 bits per heavy atom. The first kappa shape index (κ1) is 25.2. The summed E-state index contributed by atoms with van der Waals surface area (Å²) in [4.78, 5) is 41.9. The number of amides is 4. The van der Waals surface area contributed by atoms with Crippen LogP contribution in [0.3, 0.4) is 0 Å². The van der Waals surface area contributed by atoms with E-state index in [4.69, 9.17) is 0 Å². The molecule has 0 saturated heterocycles. The standard InChI is InChI=1S/C28H31N7O3/c1-4-23(36)29-20-12-10-19(11-13-20)26(37)31-25-21-16-35(28(14-15-28)24(21)32-33-25)27(38)30-22(17-34(2)3)18-8-6-5-7-9-18/h4-13,22H,1,14-17H2,2-3H3,(H,29,36)(H,30,38)(H2,31,32,33,37)/t22-/m1/s1. The molecular weight excluding hydrogens is 482 g/mol. The van der Waals surface area contributed by atoms with Gasteiger partial charge in [0, 0.05) is 23.4 Å². The summed E-state index contributed by atoms with van der Waals surface area (Å²) in [5, 5.41) is 16.2. The molecule has 196 valence electrons. The lowest BCUT2D eigenvalue weighted by molar-refractivity contribution is -0.111. The van der Waals surface area contributed by atoms with Crippen molar-refractivity contribution in [2.75, 3.05) is 31.3 Å². The van der Waals surface area contributed by atoms with Gasteiger partial charge in [-0.2, -0.15) is 5.10 Å². The number of likely N-dealkylation sites (N-methyl/N-ethyl adjacent to an activating group) is 1. The van der Waals surface area contributed by atoms with Crippen LogP contribution in [0.5, 0.6) is 0 Å². The van der Waals surface area contributed by atoms with E-state index >= 15 is 0 Å². The molecule has 2 aliphatic rings. The van der Waals surface area contributed by atoms with Crippen molar-refractivity contribution < 1.29 is 14.4 Å². The minimum Gasteiger partial charge on any atom is -0.330 e. The van der Waals surface area contributed by atoms with Crippen LogP contribution in [-0.4, -0.2) is 58.5 Å². The number of benzene rings is 2. The van der Waals surface area contributed by atoms with Crippen LogP contribution in [0.2, 0.25) is 0 Å². The average molecular weight is 514 g/mol. The Labute approximate surface area is 221 Å². The number of nitrogens with zero attached hydrogens (tertiary/aromatic N) is 3. The highest BCUT2D eigenvalue weighted by Crippen LogP contribution is 2.57. The van der Waals surface area contributed by atoms with Crippen molar-refractivity contribution in [2.45, 2.75) is 31.0 Å². The number of rotatable bonds is 8. The van der Waals surface area contributed by atoms with Crippen LogP contribution in [0.15, 0.2) is 67.3 Å². The number of hydrogen-bond acceptors (Lipinski definition) is 5. The number of anilines is 2. The Balaban J connectivity index is 1.29. The monoisotopic (exact) mass is 513 g/mol. The van der Waals surface area contributed by atoms with Crippen molar-refractivity contribution in [1.82, 2.24) is 25.3 Å². The second-order valence-corrected chi connectivity index (χ2v) is 9.94. The number of hydrogen-bond donors (Lipinski definition) is 4. The third kappa shape index (κ3) is 4.90. The van der Waals surface area contributed by atoms with Gasteiger partial charge in [0.25, 0.3) is 5.91 Å². The Morgan fingerprint density at radius 1 is 1.11 bits per heavy atom. The molecule has 0 bridgehead atoms. The van der Waals surface area contributed by atoms with Gasteiger partial charge >= 0.3 is 6.03 Å². The summed E-state index contributed by atoms with van der Waals surface area (Å²) in [6, 6.07) is 16.2. The molecule has 10 heteroatoms. The van der Waals surface area contributed by atoms with Gasteiger partial charge in [-0.25, -0.2) is 4.79 Å². The fourth-order valence-electron chi connectivity index (χ4n) is 4.95. The van der Waals surface area contributed by atoms with E-state index in [0.717, 1.165) is 29.7 Å². The summed E-state index contributed by atoms with van der Waals surface area (Å²) in [6.45, 7) is 4.44. The molecule has 1 aliphatic heterocycles. The number of nitrogens with one attached hydrogen (secondary N) is 4. The Kier molecular flexibility index (Phi) is 6.73. The van der Waals surface area contributed by atoms with Crippen molar-refractivity contribution in [3.8, 4) is 0 Å². The first-order valence-electron chi connectivity index (χ1n) is 12.5. The van der Waals surface area contributed by atoms with Crippen LogP contribution in [0.4, 0.5) is 16.3 Å². The summed E-state index contributed by atoms with van der Waals surface area (Å²) in [5.41, 5.74) is 3.31. The largest absolute Gasteiger partial charge is 0.330 e. The Bertz CT molecular complexity index is 1360. The second kappa shape index (κ2) is 10.1. The zero-order valence-corrected chi connectivity index (χ0v) is 21.5. The number of aromatic amines is 1. The summed E-state index contributed by atoms with van der Waals surface area (Å²) in [7, 11) is 3.97. The summed E-state index contributed by atoms with van der Waals surface area (Å²) in [5.74, 6) is -0.235. The molecule has 4 amide bonds. The minimum absolute atomic E-state index is 0.141. The van der Waals surface area contributed by atoms with Gasteiger partial charge < -0.3 is 25.8 Å². The van der Waals surface area contributed by atoms with Crippen molar-refractivity contribution in [2.24, 2.45) is 0 Å². The Hall–Kier alpha value is -4.44. The van der Waals surface area contributed by atoms with Gasteiger partial charge in [-0.1, -0.05) is 36.9 Å². The highest BCUT2D eigenvalue weighted by Gasteiger charge is 2.58. The van der Waals surface area contributed by atoms with E-state index in [1.165, 1.54) is 6.08 Å². The van der Waals surface area contributed by atoms with Gasteiger partial charge in [0.15, 0.2) is 5.82 Å². The van der Waals surface area contributed by atoms with E-state index in [-0.39, 0.29) is 23.9 Å². The summed E-state index contributed by atoms with van der Waals surface area (Å²) in [6.07, 6.45) is 2.86. The van der Waals surface area contributed by atoms with Crippen LogP contribution in [-0.2, 0) is 16.9 Å². The lowest BCUT2D eigenvalue weighted by Gasteiger charge is -2.29. The fourth-order valence-corrected chi connectivity index (χ4v) is 4.95. The molecule has 1 aromatic heterocycles. The van der Waals surface area contributed by atoms with Crippen LogP contribution in [0, 0.1) is 0 Å². The van der Waals surface area contributed by atoms with E-state index in [2.05, 4.69) is 37.6 Å². The number of carbonyl (C=O) groups is 3. The number of fused-ring (bicyclic) bond motifs is 2. The van der Waals surface area contributed by atoms with Crippen LogP contribution >= 0.6 is 0 Å². The molecule has 0 unspecified atom stereocenters. The second-order valence-electron chi connectivity index (χ2n) is 9.94. The van der Waals surface area contributed by atoms with Gasteiger partial charge in [0.2, 0.25) is 5.91 Å². The maximum absolute atomic E-state index is 13.6. The molecule has 4 N–H and O–H groups in total. The van der Waals surface area contributed by atoms with Crippen LogP contribution in [0.25, 0.3) is 0 Å². The molecule has 1 atom stereocenters. The Morgan fingerprint density at radius 3 is 2.45 bits per heavy atom. The van der Waals surface area contributed by atoms with E-state index in [1.807, 2.05) is 49.3 Å². The van der Waals surface area contributed by atoms with E-state index in [1.54, 1.807) is 24.3 Å². The minimum atomic E-state index is -0.417. The molecule has 5 rings (SSSR count). The van der Waals surface area contributed by atoms with Gasteiger partial charge in [-0.15, -0.1) is 0 Å².